The normalized spacial score (nSPS) is 21.3. The quantitative estimate of drug-likeness (QED) is 0.873. The SMILES string of the molecule is CC(C)(C)c1cc(N2CCCC(C(=O)NCC3CC3)C2)nc(C(C)(C)C)n1. The Labute approximate surface area is 164 Å². The average molecular weight is 373 g/mol. The number of nitrogens with one attached hydrogen (secondary N) is 1. The maximum absolute atomic E-state index is 12.6. The zero-order chi connectivity index (χ0) is 19.8. The molecular formula is C22H36N4O. The Kier molecular flexibility index (Phi) is 5.51. The van der Waals surface area contributed by atoms with Crippen LogP contribution in [-0.2, 0) is 15.6 Å². The number of hydrogen-bond acceptors (Lipinski definition) is 4. The number of carbonyl (C=O) groups is 1. The largest absolute Gasteiger partial charge is 0.356 e. The number of hydrogen-bond donors (Lipinski definition) is 1. The fourth-order valence-electron chi connectivity index (χ4n) is 3.43. The van der Waals surface area contributed by atoms with Crippen molar-refractivity contribution >= 4 is 11.7 Å². The van der Waals surface area contributed by atoms with Crippen LogP contribution in [0.15, 0.2) is 6.07 Å². The van der Waals surface area contributed by atoms with E-state index in [0.717, 1.165) is 55.7 Å². The predicted molar refractivity (Wildman–Crippen MR) is 110 cm³/mol. The van der Waals surface area contributed by atoms with Gasteiger partial charge in [-0.25, -0.2) is 9.97 Å². The van der Waals surface area contributed by atoms with Crippen molar-refractivity contribution in [3.05, 3.63) is 17.6 Å². The summed E-state index contributed by atoms with van der Waals surface area (Å²) in [5.74, 6) is 2.85. The summed E-state index contributed by atoms with van der Waals surface area (Å²) in [6, 6.07) is 2.12. The van der Waals surface area contributed by atoms with Crippen molar-refractivity contribution in [1.82, 2.24) is 15.3 Å². The number of piperidine rings is 1. The second-order valence-corrected chi connectivity index (χ2v) is 10.4. The zero-order valence-electron chi connectivity index (χ0n) is 17.9. The molecule has 5 heteroatoms. The first kappa shape index (κ1) is 20.1. The van der Waals surface area contributed by atoms with Crippen molar-refractivity contribution in [1.29, 1.82) is 0 Å². The van der Waals surface area contributed by atoms with Gasteiger partial charge in [0.05, 0.1) is 11.6 Å². The zero-order valence-corrected chi connectivity index (χ0v) is 17.9. The van der Waals surface area contributed by atoms with E-state index in [0.29, 0.717) is 0 Å². The maximum atomic E-state index is 12.6. The molecule has 1 aromatic rings. The lowest BCUT2D eigenvalue weighted by Crippen LogP contribution is -2.44. The fraction of sp³-hybridized carbons (Fsp3) is 0.773. The van der Waals surface area contributed by atoms with E-state index in [-0.39, 0.29) is 22.7 Å². The smallest absolute Gasteiger partial charge is 0.224 e. The molecule has 1 atom stereocenters. The van der Waals surface area contributed by atoms with Crippen LogP contribution in [-0.4, -0.2) is 35.5 Å². The molecule has 1 aliphatic carbocycles. The van der Waals surface area contributed by atoms with Crippen molar-refractivity contribution in [3.8, 4) is 0 Å². The van der Waals surface area contributed by atoms with E-state index in [4.69, 9.17) is 9.97 Å². The number of anilines is 1. The van der Waals surface area contributed by atoms with E-state index in [1.165, 1.54) is 12.8 Å². The molecule has 0 spiro atoms. The van der Waals surface area contributed by atoms with E-state index in [9.17, 15) is 4.79 Å². The highest BCUT2D eigenvalue weighted by Crippen LogP contribution is 2.31. The van der Waals surface area contributed by atoms with Crippen LogP contribution < -0.4 is 10.2 Å². The third-order valence-electron chi connectivity index (χ3n) is 5.53. The van der Waals surface area contributed by atoms with Gasteiger partial charge in [0.2, 0.25) is 5.91 Å². The van der Waals surface area contributed by atoms with Crippen LogP contribution in [0.4, 0.5) is 5.82 Å². The molecule has 0 aromatic carbocycles. The highest BCUT2D eigenvalue weighted by molar-refractivity contribution is 5.79. The molecule has 150 valence electrons. The lowest BCUT2D eigenvalue weighted by atomic mass is 9.90. The lowest BCUT2D eigenvalue weighted by Gasteiger charge is -2.34. The van der Waals surface area contributed by atoms with Gasteiger partial charge in [-0.05, 0) is 31.6 Å². The molecule has 5 nitrogen and oxygen atoms in total. The highest BCUT2D eigenvalue weighted by Gasteiger charge is 2.30. The molecule has 1 aliphatic heterocycles. The molecule has 1 saturated carbocycles. The summed E-state index contributed by atoms with van der Waals surface area (Å²) < 4.78 is 0. The van der Waals surface area contributed by atoms with Crippen LogP contribution in [0.2, 0.25) is 0 Å². The summed E-state index contributed by atoms with van der Waals surface area (Å²) in [7, 11) is 0. The Morgan fingerprint density at radius 2 is 1.81 bits per heavy atom. The lowest BCUT2D eigenvalue weighted by molar-refractivity contribution is -0.125. The van der Waals surface area contributed by atoms with E-state index in [2.05, 4.69) is 57.8 Å². The molecule has 2 aliphatic rings. The van der Waals surface area contributed by atoms with Gasteiger partial charge in [0.15, 0.2) is 0 Å². The minimum atomic E-state index is -0.104. The summed E-state index contributed by atoms with van der Waals surface area (Å²) in [6.45, 7) is 15.6. The second kappa shape index (κ2) is 7.40. The first-order valence-electron chi connectivity index (χ1n) is 10.5. The van der Waals surface area contributed by atoms with Gasteiger partial charge in [-0.1, -0.05) is 41.5 Å². The summed E-state index contributed by atoms with van der Waals surface area (Å²) in [4.78, 5) is 24.6. The molecule has 1 amide bonds. The van der Waals surface area contributed by atoms with Crippen LogP contribution in [0.1, 0.15) is 78.7 Å². The molecule has 0 radical (unpaired) electrons. The molecule has 2 fully saturated rings. The fourth-order valence-corrected chi connectivity index (χ4v) is 3.43. The second-order valence-electron chi connectivity index (χ2n) is 10.4. The van der Waals surface area contributed by atoms with Crippen LogP contribution in [0, 0.1) is 11.8 Å². The summed E-state index contributed by atoms with van der Waals surface area (Å²) >= 11 is 0. The molecule has 0 bridgehead atoms. The molecule has 1 unspecified atom stereocenters. The Balaban J connectivity index is 1.80. The standard InChI is InChI=1S/C22H36N4O/c1-21(2,3)17-12-18(25-20(24-17)22(4,5)6)26-11-7-8-16(14-26)19(27)23-13-15-9-10-15/h12,15-16H,7-11,13-14H2,1-6H3,(H,23,27). The predicted octanol–water partition coefficient (Wildman–Crippen LogP) is 3.81. The van der Waals surface area contributed by atoms with Gasteiger partial charge in [0.1, 0.15) is 11.6 Å². The molecule has 3 rings (SSSR count). The van der Waals surface area contributed by atoms with Crippen LogP contribution in [0.25, 0.3) is 0 Å². The third kappa shape index (κ3) is 5.20. The van der Waals surface area contributed by atoms with E-state index < -0.39 is 0 Å². The summed E-state index contributed by atoms with van der Waals surface area (Å²) in [6.07, 6.45) is 4.53. The van der Waals surface area contributed by atoms with Crippen molar-refractivity contribution in [3.63, 3.8) is 0 Å². The Morgan fingerprint density at radius 1 is 1.11 bits per heavy atom. The summed E-state index contributed by atoms with van der Waals surface area (Å²) in [5.41, 5.74) is 0.930. The minimum Gasteiger partial charge on any atom is -0.356 e. The van der Waals surface area contributed by atoms with Crippen LogP contribution in [0.3, 0.4) is 0 Å². The van der Waals surface area contributed by atoms with Gasteiger partial charge in [-0.3, -0.25) is 4.79 Å². The highest BCUT2D eigenvalue weighted by atomic mass is 16.1. The Morgan fingerprint density at radius 3 is 2.41 bits per heavy atom. The molecule has 1 aromatic heterocycles. The minimum absolute atomic E-state index is 0.0332. The topological polar surface area (TPSA) is 58.1 Å². The van der Waals surface area contributed by atoms with Crippen molar-refractivity contribution in [2.75, 3.05) is 24.5 Å². The number of amides is 1. The number of nitrogens with zero attached hydrogens (tertiary/aromatic N) is 3. The van der Waals surface area contributed by atoms with E-state index in [1.807, 2.05) is 0 Å². The molecule has 1 N–H and O–H groups in total. The number of carbonyl (C=O) groups excluding carboxylic acids is 1. The third-order valence-corrected chi connectivity index (χ3v) is 5.53. The van der Waals surface area contributed by atoms with Gasteiger partial charge in [-0.2, -0.15) is 0 Å². The molecule has 27 heavy (non-hydrogen) atoms. The van der Waals surface area contributed by atoms with Crippen molar-refractivity contribution in [2.45, 2.75) is 78.1 Å². The first-order valence-corrected chi connectivity index (χ1v) is 10.5. The number of aromatic nitrogens is 2. The Bertz CT molecular complexity index is 650. The first-order chi connectivity index (χ1) is 12.5. The molecule has 2 heterocycles. The summed E-state index contributed by atoms with van der Waals surface area (Å²) in [5, 5.41) is 3.16. The number of rotatable bonds is 4. The Hall–Kier alpha value is -1.65. The van der Waals surface area contributed by atoms with Gasteiger partial charge in [0, 0.05) is 36.5 Å². The van der Waals surface area contributed by atoms with Crippen molar-refractivity contribution in [2.24, 2.45) is 11.8 Å². The molecular weight excluding hydrogens is 336 g/mol. The maximum Gasteiger partial charge on any atom is 0.224 e. The van der Waals surface area contributed by atoms with Crippen molar-refractivity contribution < 1.29 is 4.79 Å². The van der Waals surface area contributed by atoms with Crippen LogP contribution >= 0.6 is 0 Å². The van der Waals surface area contributed by atoms with Gasteiger partial charge < -0.3 is 10.2 Å². The van der Waals surface area contributed by atoms with Gasteiger partial charge in [-0.15, -0.1) is 0 Å². The van der Waals surface area contributed by atoms with Crippen LogP contribution in [0.5, 0.6) is 0 Å². The average Bonchev–Trinajstić information content (AvgIpc) is 3.42. The van der Waals surface area contributed by atoms with Gasteiger partial charge in [0.25, 0.3) is 0 Å². The van der Waals surface area contributed by atoms with E-state index in [1.54, 1.807) is 0 Å². The van der Waals surface area contributed by atoms with E-state index >= 15 is 0 Å². The molecule has 1 saturated heterocycles. The monoisotopic (exact) mass is 372 g/mol. The van der Waals surface area contributed by atoms with Gasteiger partial charge >= 0.3 is 0 Å².